The topological polar surface area (TPSA) is 97.0 Å². The van der Waals surface area contributed by atoms with Crippen LogP contribution in [0.15, 0.2) is 54.0 Å². The summed E-state index contributed by atoms with van der Waals surface area (Å²) in [4.78, 5) is 12.5. The van der Waals surface area contributed by atoms with Gasteiger partial charge < -0.3 is 9.47 Å². The van der Waals surface area contributed by atoms with E-state index in [-0.39, 0.29) is 5.97 Å². The molecule has 0 spiro atoms. The van der Waals surface area contributed by atoms with Gasteiger partial charge >= 0.3 is 5.97 Å². The van der Waals surface area contributed by atoms with E-state index < -0.39 is 0 Å². The molecule has 176 valence electrons. The normalized spacial score (nSPS) is 12.3. The van der Waals surface area contributed by atoms with Crippen molar-refractivity contribution in [2.45, 2.75) is 32.4 Å². The van der Waals surface area contributed by atoms with Crippen molar-refractivity contribution in [1.82, 2.24) is 30.0 Å². The molecule has 2 aromatic carbocycles. The third kappa shape index (κ3) is 4.17. The van der Waals surface area contributed by atoms with Gasteiger partial charge in [-0.3, -0.25) is 4.79 Å². The molecule has 4 heterocycles. The van der Waals surface area contributed by atoms with Crippen LogP contribution in [0.1, 0.15) is 29.7 Å². The summed E-state index contributed by atoms with van der Waals surface area (Å²) >= 11 is 1.69. The van der Waals surface area contributed by atoms with E-state index >= 15 is 0 Å². The van der Waals surface area contributed by atoms with Gasteiger partial charge in [0, 0.05) is 23.1 Å². The van der Waals surface area contributed by atoms with Crippen molar-refractivity contribution in [2.75, 3.05) is 7.11 Å². The largest absolute Gasteiger partial charge is 0.486 e. The van der Waals surface area contributed by atoms with Crippen LogP contribution in [-0.2, 0) is 29.1 Å². The van der Waals surface area contributed by atoms with Crippen molar-refractivity contribution in [2.24, 2.45) is 0 Å². The molecule has 0 unspecified atom stereocenters. The number of nitrogens with zero attached hydrogens (tertiary/aromatic N) is 6. The van der Waals surface area contributed by atoms with Gasteiger partial charge in [0.1, 0.15) is 23.4 Å². The van der Waals surface area contributed by atoms with Gasteiger partial charge in [0.15, 0.2) is 0 Å². The summed E-state index contributed by atoms with van der Waals surface area (Å²) in [6.45, 7) is 1.02. The first-order valence-corrected chi connectivity index (χ1v) is 12.2. The fourth-order valence-electron chi connectivity index (χ4n) is 4.33. The Kier molecular flexibility index (Phi) is 5.49. The molecule has 5 aromatic rings. The number of hydrogen-bond donors (Lipinski definition) is 0. The zero-order chi connectivity index (χ0) is 23.8. The first-order chi connectivity index (χ1) is 17.2. The van der Waals surface area contributed by atoms with Gasteiger partial charge in [-0.05, 0) is 59.7 Å². The summed E-state index contributed by atoms with van der Waals surface area (Å²) < 4.78 is 14.6. The van der Waals surface area contributed by atoms with E-state index in [1.165, 1.54) is 12.0 Å². The smallest absolute Gasteiger partial charge is 0.305 e. The minimum absolute atomic E-state index is 0.209. The Morgan fingerprint density at radius 1 is 1.17 bits per heavy atom. The molecule has 3 aromatic heterocycles. The Labute approximate surface area is 204 Å². The number of ether oxygens (including phenoxy) is 2. The number of rotatable bonds is 7. The van der Waals surface area contributed by atoms with Crippen molar-refractivity contribution in [3.05, 3.63) is 70.9 Å². The van der Waals surface area contributed by atoms with Crippen LogP contribution in [0.25, 0.3) is 27.2 Å². The molecular weight excluding hydrogens is 464 g/mol. The molecule has 0 amide bonds. The molecule has 0 bridgehead atoms. The zero-order valence-electron chi connectivity index (χ0n) is 19.0. The van der Waals surface area contributed by atoms with Gasteiger partial charge in [0.25, 0.3) is 0 Å². The lowest BCUT2D eigenvalue weighted by atomic mass is 10.1. The van der Waals surface area contributed by atoms with Crippen LogP contribution < -0.4 is 4.74 Å². The van der Waals surface area contributed by atoms with E-state index in [0.717, 1.165) is 44.9 Å². The number of hydrogen-bond acceptors (Lipinski definition) is 8. The van der Waals surface area contributed by atoms with Crippen LogP contribution in [0.2, 0.25) is 0 Å². The van der Waals surface area contributed by atoms with E-state index in [1.807, 2.05) is 21.6 Å². The lowest BCUT2D eigenvalue weighted by molar-refractivity contribution is -0.140. The maximum absolute atomic E-state index is 11.3. The van der Waals surface area contributed by atoms with E-state index in [2.05, 4.69) is 67.1 Å². The maximum Gasteiger partial charge on any atom is 0.305 e. The number of carbonyl (C=O) groups excluding carboxylic acids is 1. The first kappa shape index (κ1) is 21.5. The fraction of sp³-hybridized carbons (Fsp3) is 0.240. The number of carbonyl (C=O) groups is 1. The highest BCUT2D eigenvalue weighted by molar-refractivity contribution is 7.13. The second-order valence-corrected chi connectivity index (χ2v) is 9.36. The molecule has 0 fully saturated rings. The van der Waals surface area contributed by atoms with Crippen molar-refractivity contribution in [3.63, 3.8) is 0 Å². The standard InChI is InChI=1S/C25H22N6O3S/c1-33-24(32)6-2-4-19-14-30(28-26-19)13-16-7-8-21-18(10-16)15-34-22-12-17(23-5-3-9-35-23)11-20-25(22)31(21)29-27-20/h3,5,7-12,14H,2,4,6,13,15H2,1H3. The van der Waals surface area contributed by atoms with E-state index in [4.69, 9.17) is 4.74 Å². The van der Waals surface area contributed by atoms with Crippen LogP contribution in [0.5, 0.6) is 5.75 Å². The molecule has 0 N–H and O–H groups in total. The van der Waals surface area contributed by atoms with Crippen LogP contribution in [-0.4, -0.2) is 43.1 Å². The number of esters is 1. The van der Waals surface area contributed by atoms with Gasteiger partial charge in [-0.2, -0.15) is 0 Å². The molecule has 1 aliphatic rings. The molecule has 0 atom stereocenters. The molecule has 1 aliphatic heterocycles. The van der Waals surface area contributed by atoms with Crippen LogP contribution in [0.3, 0.4) is 0 Å². The number of methoxy groups -OCH3 is 1. The summed E-state index contributed by atoms with van der Waals surface area (Å²) in [7, 11) is 1.40. The molecular formula is C25H22N6O3S. The zero-order valence-corrected chi connectivity index (χ0v) is 19.9. The number of aromatic nitrogens is 6. The Balaban J connectivity index is 1.23. The minimum Gasteiger partial charge on any atom is -0.486 e. The highest BCUT2D eigenvalue weighted by Gasteiger charge is 2.21. The maximum atomic E-state index is 11.3. The Morgan fingerprint density at radius 2 is 2.11 bits per heavy atom. The SMILES string of the molecule is COC(=O)CCCc1cn(Cc2ccc3c(c2)COc2cc(-c4cccs4)cc4nnn-3c24)nn1. The molecule has 0 saturated carbocycles. The summed E-state index contributed by atoms with van der Waals surface area (Å²) in [6, 6.07) is 14.5. The number of fused-ring (bicyclic) bond motifs is 2. The molecule has 0 aliphatic carbocycles. The molecule has 0 radical (unpaired) electrons. The third-order valence-corrected chi connectivity index (χ3v) is 6.96. The van der Waals surface area contributed by atoms with E-state index in [0.29, 0.717) is 32.4 Å². The van der Waals surface area contributed by atoms with Gasteiger partial charge in [0.05, 0.1) is 25.0 Å². The molecule has 6 rings (SSSR count). The van der Waals surface area contributed by atoms with Gasteiger partial charge in [0.2, 0.25) is 0 Å². The third-order valence-electron chi connectivity index (χ3n) is 6.04. The average Bonchev–Trinajstić information content (AvgIpc) is 3.62. The number of thiophene rings is 1. The van der Waals surface area contributed by atoms with Crippen molar-refractivity contribution >= 4 is 28.3 Å². The fourth-order valence-corrected chi connectivity index (χ4v) is 5.05. The van der Waals surface area contributed by atoms with Crippen molar-refractivity contribution < 1.29 is 14.3 Å². The average molecular weight is 487 g/mol. The quantitative estimate of drug-likeness (QED) is 0.318. The minimum atomic E-state index is -0.209. The summed E-state index contributed by atoms with van der Waals surface area (Å²) in [5.74, 6) is 0.570. The second kappa shape index (κ2) is 8.95. The Bertz CT molecular complexity index is 1520. The second-order valence-electron chi connectivity index (χ2n) is 8.41. The lowest BCUT2D eigenvalue weighted by Gasteiger charge is -2.09. The number of benzene rings is 2. The lowest BCUT2D eigenvalue weighted by Crippen LogP contribution is -2.05. The predicted molar refractivity (Wildman–Crippen MR) is 131 cm³/mol. The van der Waals surface area contributed by atoms with Gasteiger partial charge in [-0.15, -0.1) is 21.5 Å². The van der Waals surface area contributed by atoms with Gasteiger partial charge in [-0.25, -0.2) is 9.36 Å². The number of aryl methyl sites for hydroxylation is 1. The van der Waals surface area contributed by atoms with Crippen LogP contribution in [0, 0.1) is 0 Å². The molecule has 10 heteroatoms. The summed E-state index contributed by atoms with van der Waals surface area (Å²) in [5.41, 5.74) is 6.70. The molecule has 0 saturated heterocycles. The molecule has 35 heavy (non-hydrogen) atoms. The van der Waals surface area contributed by atoms with Crippen LogP contribution >= 0.6 is 11.3 Å². The highest BCUT2D eigenvalue weighted by atomic mass is 32.1. The van der Waals surface area contributed by atoms with E-state index in [1.54, 1.807) is 11.3 Å². The van der Waals surface area contributed by atoms with Crippen LogP contribution in [0.4, 0.5) is 0 Å². The summed E-state index contributed by atoms with van der Waals surface area (Å²) in [5, 5.41) is 19.4. The highest BCUT2D eigenvalue weighted by Crippen LogP contribution is 2.37. The van der Waals surface area contributed by atoms with Crippen molar-refractivity contribution in [1.29, 1.82) is 0 Å². The monoisotopic (exact) mass is 486 g/mol. The predicted octanol–water partition coefficient (Wildman–Crippen LogP) is 4.18. The molecule has 9 nitrogen and oxygen atoms in total. The van der Waals surface area contributed by atoms with Crippen molar-refractivity contribution in [3.8, 4) is 21.9 Å². The Morgan fingerprint density at radius 3 is 2.97 bits per heavy atom. The van der Waals surface area contributed by atoms with E-state index in [9.17, 15) is 4.79 Å². The Hall–Kier alpha value is -4.05. The first-order valence-electron chi connectivity index (χ1n) is 11.3. The van der Waals surface area contributed by atoms with Gasteiger partial charge in [-0.1, -0.05) is 22.6 Å². The summed E-state index contributed by atoms with van der Waals surface area (Å²) in [6.07, 6.45) is 3.66.